The molecule has 1 aromatic rings. The van der Waals surface area contributed by atoms with Crippen molar-refractivity contribution >= 4 is 10.0 Å². The van der Waals surface area contributed by atoms with Crippen LogP contribution >= 0.6 is 0 Å². The van der Waals surface area contributed by atoms with Crippen LogP contribution in [0.25, 0.3) is 0 Å². The van der Waals surface area contributed by atoms with Crippen LogP contribution in [0.5, 0.6) is 5.75 Å². The Balaban J connectivity index is 2.16. The third-order valence-corrected chi connectivity index (χ3v) is 6.17. The van der Waals surface area contributed by atoms with Crippen LogP contribution in [-0.4, -0.2) is 22.1 Å². The Bertz CT molecular complexity index is 706. The lowest BCUT2D eigenvalue weighted by molar-refractivity contribution is 0.406. The Morgan fingerprint density at radius 1 is 1.25 bits per heavy atom. The minimum atomic E-state index is -3.51. The highest BCUT2D eigenvalue weighted by molar-refractivity contribution is 7.89. The summed E-state index contributed by atoms with van der Waals surface area (Å²) < 4.78 is 33.5. The van der Waals surface area contributed by atoms with Crippen LogP contribution in [0.4, 0.5) is 0 Å². The molecule has 0 fully saturated rings. The molecule has 0 bridgehead atoms. The second kappa shape index (κ2) is 8.17. The van der Waals surface area contributed by atoms with Crippen LogP contribution in [-0.2, 0) is 10.0 Å². The Labute approximate surface area is 146 Å². The molecule has 5 heteroatoms. The van der Waals surface area contributed by atoms with Crippen molar-refractivity contribution in [2.24, 2.45) is 0 Å². The summed E-state index contributed by atoms with van der Waals surface area (Å²) in [5, 5.41) is 0. The lowest BCUT2D eigenvalue weighted by Gasteiger charge is -2.17. The summed E-state index contributed by atoms with van der Waals surface area (Å²) in [4.78, 5) is 0.352. The summed E-state index contributed by atoms with van der Waals surface area (Å²) in [6.45, 7) is 6.33. The largest absolute Gasteiger partial charge is 0.496 e. The summed E-state index contributed by atoms with van der Waals surface area (Å²) >= 11 is 0. The van der Waals surface area contributed by atoms with Crippen molar-refractivity contribution in [1.29, 1.82) is 0 Å². The minimum Gasteiger partial charge on any atom is -0.496 e. The molecule has 0 saturated carbocycles. The van der Waals surface area contributed by atoms with Gasteiger partial charge in [-0.05, 0) is 68.2 Å². The maximum atomic E-state index is 12.7. The summed E-state index contributed by atoms with van der Waals surface area (Å²) in [5.41, 5.74) is 3.00. The Kier molecular flexibility index (Phi) is 6.47. The highest BCUT2D eigenvalue weighted by atomic mass is 32.2. The molecule has 1 aliphatic rings. The molecule has 0 heterocycles. The Hall–Kier alpha value is -1.33. The normalized spacial score (nSPS) is 15.5. The van der Waals surface area contributed by atoms with Crippen LogP contribution in [0.3, 0.4) is 0 Å². The van der Waals surface area contributed by atoms with Gasteiger partial charge >= 0.3 is 0 Å². The minimum absolute atomic E-state index is 0.196. The van der Waals surface area contributed by atoms with Crippen molar-refractivity contribution in [1.82, 2.24) is 4.72 Å². The van der Waals surface area contributed by atoms with E-state index in [1.165, 1.54) is 18.4 Å². The molecule has 24 heavy (non-hydrogen) atoms. The molecular weight excluding hydrogens is 322 g/mol. The average molecular weight is 352 g/mol. The second-order valence-electron chi connectivity index (χ2n) is 6.77. The van der Waals surface area contributed by atoms with Gasteiger partial charge in [0.1, 0.15) is 5.75 Å². The number of rotatable bonds is 7. The number of aryl methyl sites for hydroxylation is 1. The van der Waals surface area contributed by atoms with Crippen LogP contribution in [0.15, 0.2) is 28.7 Å². The molecule has 134 valence electrons. The van der Waals surface area contributed by atoms with E-state index >= 15 is 0 Å². The summed E-state index contributed by atoms with van der Waals surface area (Å²) in [6, 6.07) is 3.56. The molecule has 1 N–H and O–H groups in total. The van der Waals surface area contributed by atoms with Crippen LogP contribution in [0.2, 0.25) is 0 Å². The zero-order valence-corrected chi connectivity index (χ0v) is 16.0. The molecule has 4 nitrogen and oxygen atoms in total. The molecule has 0 aromatic heterocycles. The standard InChI is InChI=1S/C19H29NO3S/c1-14(2)17-13-19(15(3)12-18(17)23-4)24(21,22)20-11-10-16-8-6-5-7-9-16/h8,12-14,20H,5-7,9-11H2,1-4H3. The van der Waals surface area contributed by atoms with Crippen molar-refractivity contribution in [3.8, 4) is 5.75 Å². The van der Waals surface area contributed by atoms with E-state index in [0.29, 0.717) is 17.0 Å². The van der Waals surface area contributed by atoms with Gasteiger partial charge in [0.2, 0.25) is 10.0 Å². The fourth-order valence-electron chi connectivity index (χ4n) is 3.15. The third-order valence-electron chi connectivity index (χ3n) is 4.56. The zero-order chi connectivity index (χ0) is 17.7. The molecule has 1 aromatic carbocycles. The topological polar surface area (TPSA) is 55.4 Å². The number of methoxy groups -OCH3 is 1. The van der Waals surface area contributed by atoms with Crippen molar-refractivity contribution < 1.29 is 13.2 Å². The molecule has 0 aliphatic heterocycles. The monoisotopic (exact) mass is 351 g/mol. The first kappa shape index (κ1) is 19.0. The molecule has 2 rings (SSSR count). The predicted octanol–water partition coefficient (Wildman–Crippen LogP) is 4.30. The molecule has 0 amide bonds. The van der Waals surface area contributed by atoms with Crippen LogP contribution in [0.1, 0.15) is 63.0 Å². The fourth-order valence-corrected chi connectivity index (χ4v) is 4.44. The lowest BCUT2D eigenvalue weighted by Crippen LogP contribution is -2.26. The van der Waals surface area contributed by atoms with E-state index in [9.17, 15) is 8.42 Å². The van der Waals surface area contributed by atoms with Gasteiger partial charge in [-0.15, -0.1) is 0 Å². The molecule has 0 atom stereocenters. The predicted molar refractivity (Wildman–Crippen MR) is 98.2 cm³/mol. The number of hydrogen-bond acceptors (Lipinski definition) is 3. The van der Waals surface area contributed by atoms with Gasteiger partial charge in [0.05, 0.1) is 12.0 Å². The molecule has 0 spiro atoms. The van der Waals surface area contributed by atoms with Gasteiger partial charge in [0, 0.05) is 6.54 Å². The summed E-state index contributed by atoms with van der Waals surface area (Å²) in [7, 11) is -1.89. The van der Waals surface area contributed by atoms with E-state index in [4.69, 9.17) is 4.74 Å². The van der Waals surface area contributed by atoms with E-state index in [-0.39, 0.29) is 5.92 Å². The van der Waals surface area contributed by atoms with Crippen molar-refractivity contribution in [3.05, 3.63) is 34.9 Å². The second-order valence-corrected chi connectivity index (χ2v) is 8.51. The highest BCUT2D eigenvalue weighted by Gasteiger charge is 2.20. The number of nitrogens with one attached hydrogen (secondary N) is 1. The lowest BCUT2D eigenvalue weighted by atomic mass is 9.97. The number of hydrogen-bond donors (Lipinski definition) is 1. The van der Waals surface area contributed by atoms with Gasteiger partial charge < -0.3 is 4.74 Å². The van der Waals surface area contributed by atoms with Gasteiger partial charge in [-0.25, -0.2) is 13.1 Å². The highest BCUT2D eigenvalue weighted by Crippen LogP contribution is 2.31. The van der Waals surface area contributed by atoms with Crippen molar-refractivity contribution in [2.75, 3.05) is 13.7 Å². The van der Waals surface area contributed by atoms with Gasteiger partial charge in [-0.2, -0.15) is 0 Å². The first-order chi connectivity index (χ1) is 11.3. The van der Waals surface area contributed by atoms with E-state index in [1.807, 2.05) is 26.8 Å². The fraction of sp³-hybridized carbons (Fsp3) is 0.579. The summed E-state index contributed by atoms with van der Waals surface area (Å²) in [6.07, 6.45) is 7.74. The Morgan fingerprint density at radius 3 is 2.58 bits per heavy atom. The molecule has 1 aliphatic carbocycles. The maximum Gasteiger partial charge on any atom is 0.240 e. The van der Waals surface area contributed by atoms with Crippen LogP contribution in [0, 0.1) is 6.92 Å². The van der Waals surface area contributed by atoms with Gasteiger partial charge in [0.25, 0.3) is 0 Å². The third kappa shape index (κ3) is 4.61. The van der Waals surface area contributed by atoms with Gasteiger partial charge in [0.15, 0.2) is 0 Å². The SMILES string of the molecule is COc1cc(C)c(S(=O)(=O)NCCC2=CCCCC2)cc1C(C)C. The van der Waals surface area contributed by atoms with Crippen molar-refractivity contribution in [3.63, 3.8) is 0 Å². The number of allylic oxidation sites excluding steroid dienone is 1. The maximum absolute atomic E-state index is 12.7. The first-order valence-corrected chi connectivity index (χ1v) is 10.2. The van der Waals surface area contributed by atoms with Crippen LogP contribution < -0.4 is 9.46 Å². The molecule has 0 unspecified atom stereocenters. The average Bonchev–Trinajstić information content (AvgIpc) is 2.54. The number of sulfonamides is 1. The quantitative estimate of drug-likeness (QED) is 0.745. The molecule has 0 saturated heterocycles. The summed E-state index contributed by atoms with van der Waals surface area (Å²) in [5.74, 6) is 0.940. The van der Waals surface area contributed by atoms with Gasteiger partial charge in [-0.3, -0.25) is 0 Å². The first-order valence-electron chi connectivity index (χ1n) is 8.71. The number of benzene rings is 1. The van der Waals surface area contributed by atoms with Gasteiger partial charge in [-0.1, -0.05) is 25.5 Å². The van der Waals surface area contributed by atoms with E-state index in [1.54, 1.807) is 13.2 Å². The number of ether oxygens (including phenoxy) is 1. The van der Waals surface area contributed by atoms with Crippen molar-refractivity contribution in [2.45, 2.75) is 63.7 Å². The molecular formula is C19H29NO3S. The zero-order valence-electron chi connectivity index (χ0n) is 15.2. The molecule has 0 radical (unpaired) electrons. The van der Waals surface area contributed by atoms with E-state index < -0.39 is 10.0 Å². The van der Waals surface area contributed by atoms with E-state index in [0.717, 1.165) is 30.6 Å². The van der Waals surface area contributed by atoms with E-state index in [2.05, 4.69) is 10.8 Å². The smallest absolute Gasteiger partial charge is 0.240 e. The Morgan fingerprint density at radius 2 is 2.00 bits per heavy atom.